The first-order valence-corrected chi connectivity index (χ1v) is 10.3. The molecule has 0 aromatic carbocycles. The van der Waals surface area contributed by atoms with E-state index in [1.807, 2.05) is 0 Å². The van der Waals surface area contributed by atoms with Crippen molar-refractivity contribution in [2.75, 3.05) is 46.8 Å². The van der Waals surface area contributed by atoms with Gasteiger partial charge < -0.3 is 10.2 Å². The molecule has 2 aliphatic heterocycles. The van der Waals surface area contributed by atoms with Crippen molar-refractivity contribution in [3.05, 3.63) is 17.5 Å². The van der Waals surface area contributed by atoms with E-state index in [2.05, 4.69) is 58.7 Å². The Morgan fingerprint density at radius 1 is 1.30 bits per heavy atom. The molecule has 7 heteroatoms. The van der Waals surface area contributed by atoms with Gasteiger partial charge in [0.2, 0.25) is 5.91 Å². The number of carbonyl (C=O) groups excluding carboxylic acids is 1. The molecule has 3 rings (SSSR count). The summed E-state index contributed by atoms with van der Waals surface area (Å²) in [6.07, 6.45) is 2.27. The minimum atomic E-state index is 0.0963. The quantitative estimate of drug-likeness (QED) is 0.769. The van der Waals surface area contributed by atoms with Crippen molar-refractivity contribution in [2.24, 2.45) is 5.92 Å². The van der Waals surface area contributed by atoms with E-state index in [9.17, 15) is 4.79 Å². The third-order valence-electron chi connectivity index (χ3n) is 5.58. The maximum Gasteiger partial charge on any atom is 0.234 e. The number of rotatable bonds is 7. The van der Waals surface area contributed by atoms with Crippen molar-refractivity contribution in [2.45, 2.75) is 52.4 Å². The topological polar surface area (TPSA) is 56.6 Å². The van der Waals surface area contributed by atoms with E-state index < -0.39 is 0 Å². The first-order chi connectivity index (χ1) is 12.9. The van der Waals surface area contributed by atoms with E-state index in [0.29, 0.717) is 25.0 Å². The first-order valence-electron chi connectivity index (χ1n) is 10.3. The summed E-state index contributed by atoms with van der Waals surface area (Å²) in [5.41, 5.74) is 2.24. The second-order valence-corrected chi connectivity index (χ2v) is 8.75. The summed E-state index contributed by atoms with van der Waals surface area (Å²) < 4.78 is 2.13. The first kappa shape index (κ1) is 20.3. The fourth-order valence-corrected chi connectivity index (χ4v) is 4.17. The SMILES string of the molecule is CC(C)CN1CCCn2nc(CNC(=O)CN3CC[C@H](N(C)C)C3)cc2C1. The predicted octanol–water partition coefficient (Wildman–Crippen LogP) is 0.997. The summed E-state index contributed by atoms with van der Waals surface area (Å²) in [5, 5.41) is 7.77. The smallest absolute Gasteiger partial charge is 0.234 e. The highest BCUT2D eigenvalue weighted by molar-refractivity contribution is 5.78. The van der Waals surface area contributed by atoms with Crippen molar-refractivity contribution >= 4 is 5.91 Å². The number of fused-ring (bicyclic) bond motifs is 1. The summed E-state index contributed by atoms with van der Waals surface area (Å²) in [4.78, 5) is 19.3. The van der Waals surface area contributed by atoms with Crippen LogP contribution >= 0.6 is 0 Å². The summed E-state index contributed by atoms with van der Waals surface area (Å²) in [6.45, 7) is 11.7. The number of aromatic nitrogens is 2. The van der Waals surface area contributed by atoms with Gasteiger partial charge in [0.1, 0.15) is 0 Å². The standard InChI is InChI=1S/C20H36N6O/c1-16(2)12-24-7-5-8-26-19(14-24)10-17(22-26)11-21-20(27)15-25-9-6-18(13-25)23(3)4/h10,16,18H,5-9,11-15H2,1-4H3,(H,21,27)/t18-/m0/s1. The third kappa shape index (κ3) is 5.77. The van der Waals surface area contributed by atoms with Crippen LogP contribution in [0.4, 0.5) is 0 Å². The van der Waals surface area contributed by atoms with Gasteiger partial charge >= 0.3 is 0 Å². The van der Waals surface area contributed by atoms with E-state index in [0.717, 1.165) is 57.8 Å². The number of aryl methyl sites for hydroxylation is 1. The average Bonchev–Trinajstić information content (AvgIpc) is 3.16. The zero-order valence-electron chi connectivity index (χ0n) is 17.4. The van der Waals surface area contributed by atoms with Gasteiger partial charge in [-0.05, 0) is 38.9 Å². The Balaban J connectivity index is 1.47. The van der Waals surface area contributed by atoms with Crippen molar-refractivity contribution < 1.29 is 4.79 Å². The third-order valence-corrected chi connectivity index (χ3v) is 5.58. The number of hydrogen-bond acceptors (Lipinski definition) is 5. The number of likely N-dealkylation sites (N-methyl/N-ethyl adjacent to an activating group) is 1. The van der Waals surface area contributed by atoms with E-state index in [4.69, 9.17) is 5.10 Å². The lowest BCUT2D eigenvalue weighted by molar-refractivity contribution is -0.122. The zero-order valence-corrected chi connectivity index (χ0v) is 17.4. The highest BCUT2D eigenvalue weighted by Crippen LogP contribution is 2.15. The molecule has 0 spiro atoms. The van der Waals surface area contributed by atoms with Crippen LogP contribution in [0, 0.1) is 5.92 Å². The van der Waals surface area contributed by atoms with E-state index >= 15 is 0 Å². The normalized spacial score (nSPS) is 21.6. The van der Waals surface area contributed by atoms with Gasteiger partial charge in [0, 0.05) is 45.3 Å². The Bertz CT molecular complexity index is 626. The molecule has 1 fully saturated rings. The van der Waals surface area contributed by atoms with Crippen molar-refractivity contribution in [3.63, 3.8) is 0 Å². The molecule has 1 atom stereocenters. The number of carbonyl (C=O) groups is 1. The highest BCUT2D eigenvalue weighted by atomic mass is 16.2. The van der Waals surface area contributed by atoms with Gasteiger partial charge in [0.05, 0.1) is 24.5 Å². The molecule has 1 saturated heterocycles. The number of nitrogens with one attached hydrogen (secondary N) is 1. The average molecular weight is 377 g/mol. The minimum Gasteiger partial charge on any atom is -0.349 e. The van der Waals surface area contributed by atoms with Crippen LogP contribution in [0.15, 0.2) is 6.07 Å². The van der Waals surface area contributed by atoms with E-state index in [-0.39, 0.29) is 5.91 Å². The van der Waals surface area contributed by atoms with Gasteiger partial charge in [-0.15, -0.1) is 0 Å². The van der Waals surface area contributed by atoms with E-state index in [1.165, 1.54) is 5.69 Å². The second kappa shape index (κ2) is 9.17. The fourth-order valence-electron chi connectivity index (χ4n) is 4.17. The molecule has 1 amide bonds. The molecule has 0 saturated carbocycles. The molecule has 3 heterocycles. The second-order valence-electron chi connectivity index (χ2n) is 8.75. The lowest BCUT2D eigenvalue weighted by Gasteiger charge is -2.21. The van der Waals surface area contributed by atoms with Crippen molar-refractivity contribution in [3.8, 4) is 0 Å². The number of hydrogen-bond donors (Lipinski definition) is 1. The summed E-state index contributed by atoms with van der Waals surface area (Å²) >= 11 is 0. The molecule has 0 aliphatic carbocycles. The van der Waals surface area contributed by atoms with Crippen LogP contribution in [0.3, 0.4) is 0 Å². The van der Waals surface area contributed by atoms with Crippen LogP contribution in [-0.4, -0.2) is 83.2 Å². The van der Waals surface area contributed by atoms with Gasteiger partial charge in [0.25, 0.3) is 0 Å². The Morgan fingerprint density at radius 2 is 2.11 bits per heavy atom. The fraction of sp³-hybridized carbons (Fsp3) is 0.800. The maximum atomic E-state index is 12.3. The molecular formula is C20H36N6O. The van der Waals surface area contributed by atoms with Crippen LogP contribution in [-0.2, 0) is 24.4 Å². The molecule has 0 radical (unpaired) electrons. The number of amides is 1. The molecule has 1 aromatic rings. The molecule has 0 bridgehead atoms. The zero-order chi connectivity index (χ0) is 19.4. The summed E-state index contributed by atoms with van der Waals surface area (Å²) in [7, 11) is 4.22. The predicted molar refractivity (Wildman–Crippen MR) is 107 cm³/mol. The van der Waals surface area contributed by atoms with Crippen LogP contribution in [0.1, 0.15) is 38.1 Å². The van der Waals surface area contributed by atoms with Gasteiger partial charge in [0.15, 0.2) is 0 Å². The molecule has 1 aromatic heterocycles. The van der Waals surface area contributed by atoms with Gasteiger partial charge in [-0.2, -0.15) is 5.10 Å². The molecule has 0 unspecified atom stereocenters. The Kier molecular flexibility index (Phi) is 6.89. The monoisotopic (exact) mass is 376 g/mol. The molecular weight excluding hydrogens is 340 g/mol. The summed E-state index contributed by atoms with van der Waals surface area (Å²) in [6, 6.07) is 2.73. The Hall–Kier alpha value is -1.44. The lowest BCUT2D eigenvalue weighted by Crippen LogP contribution is -2.38. The van der Waals surface area contributed by atoms with Crippen molar-refractivity contribution in [1.82, 2.24) is 29.8 Å². The Morgan fingerprint density at radius 3 is 2.81 bits per heavy atom. The van der Waals surface area contributed by atoms with Crippen LogP contribution in [0.25, 0.3) is 0 Å². The Labute approximate surface area is 163 Å². The van der Waals surface area contributed by atoms with E-state index in [1.54, 1.807) is 0 Å². The van der Waals surface area contributed by atoms with Gasteiger partial charge in [-0.3, -0.25) is 19.3 Å². The minimum absolute atomic E-state index is 0.0963. The van der Waals surface area contributed by atoms with Crippen molar-refractivity contribution in [1.29, 1.82) is 0 Å². The molecule has 1 N–H and O–H groups in total. The summed E-state index contributed by atoms with van der Waals surface area (Å²) in [5.74, 6) is 0.773. The lowest BCUT2D eigenvalue weighted by atomic mass is 10.2. The molecule has 27 heavy (non-hydrogen) atoms. The van der Waals surface area contributed by atoms with Crippen LogP contribution in [0.2, 0.25) is 0 Å². The molecule has 2 aliphatic rings. The largest absolute Gasteiger partial charge is 0.349 e. The van der Waals surface area contributed by atoms with Crippen LogP contribution < -0.4 is 5.32 Å². The highest BCUT2D eigenvalue weighted by Gasteiger charge is 2.25. The number of likely N-dealkylation sites (tertiary alicyclic amines) is 1. The maximum absolute atomic E-state index is 12.3. The van der Waals surface area contributed by atoms with Gasteiger partial charge in [-0.25, -0.2) is 0 Å². The molecule has 152 valence electrons. The number of nitrogens with zero attached hydrogens (tertiary/aromatic N) is 5. The van der Waals surface area contributed by atoms with Gasteiger partial charge in [-0.1, -0.05) is 13.8 Å². The molecule has 7 nitrogen and oxygen atoms in total. The van der Waals surface area contributed by atoms with Crippen LogP contribution in [0.5, 0.6) is 0 Å².